The van der Waals surface area contributed by atoms with Gasteiger partial charge in [-0.1, -0.05) is 18.7 Å². The van der Waals surface area contributed by atoms with E-state index >= 15 is 0 Å². The Morgan fingerprint density at radius 2 is 2.20 bits per heavy atom. The fourth-order valence-electron chi connectivity index (χ4n) is 2.29. The molecule has 6 heteroatoms. The van der Waals surface area contributed by atoms with E-state index in [9.17, 15) is 9.18 Å². The minimum Gasteiger partial charge on any atom is -0.473 e. The van der Waals surface area contributed by atoms with Gasteiger partial charge in [0, 0.05) is 32.0 Å². The summed E-state index contributed by atoms with van der Waals surface area (Å²) in [4.78, 5) is 17.8. The number of carbonyl (C=O) groups is 1. The quantitative estimate of drug-likeness (QED) is 0.585. The Hall–Kier alpha value is -2.94. The van der Waals surface area contributed by atoms with Crippen LogP contribution < -0.4 is 9.64 Å². The molecule has 0 unspecified atom stereocenters. The van der Waals surface area contributed by atoms with Crippen molar-refractivity contribution in [2.24, 2.45) is 0 Å². The lowest BCUT2D eigenvalue weighted by atomic mass is 10.1. The third-order valence-electron chi connectivity index (χ3n) is 3.83. The van der Waals surface area contributed by atoms with E-state index in [1.54, 1.807) is 13.0 Å². The number of Topliss-reactive ketones (excluding diaryl/α,β-unsaturated/α-hetero) is 1. The van der Waals surface area contributed by atoms with E-state index in [0.29, 0.717) is 37.4 Å². The summed E-state index contributed by atoms with van der Waals surface area (Å²) in [5.74, 6) is 0.867. The molecule has 1 fully saturated rings. The number of aromatic nitrogens is 1. The summed E-state index contributed by atoms with van der Waals surface area (Å²) in [6.45, 7) is 6.35. The minimum atomic E-state index is -0.526. The van der Waals surface area contributed by atoms with Crippen molar-refractivity contribution >= 4 is 11.6 Å². The molecule has 0 spiro atoms. The lowest BCUT2D eigenvalue weighted by molar-refractivity contribution is -0.119. The molecule has 1 aliphatic heterocycles. The summed E-state index contributed by atoms with van der Waals surface area (Å²) in [6, 6.07) is 7.22. The lowest BCUT2D eigenvalue weighted by Gasteiger charge is -2.27. The zero-order valence-electron chi connectivity index (χ0n) is 14.2. The number of rotatable bonds is 6. The largest absolute Gasteiger partial charge is 0.473 e. The molecule has 25 heavy (non-hydrogen) atoms. The number of ether oxygens (including phenoxy) is 1. The highest BCUT2D eigenvalue weighted by Crippen LogP contribution is 2.20. The smallest absolute Gasteiger partial charge is 0.215 e. The van der Waals surface area contributed by atoms with Crippen LogP contribution in [0.25, 0.3) is 0 Å². The van der Waals surface area contributed by atoms with Crippen molar-refractivity contribution in [3.63, 3.8) is 0 Å². The number of ketones is 1. The van der Waals surface area contributed by atoms with Gasteiger partial charge in [-0.2, -0.15) is 10.2 Å². The van der Waals surface area contributed by atoms with Gasteiger partial charge in [-0.3, -0.25) is 4.79 Å². The highest BCUT2D eigenvalue weighted by Gasteiger charge is 2.17. The van der Waals surface area contributed by atoms with Crippen LogP contribution in [0.4, 0.5) is 10.2 Å². The van der Waals surface area contributed by atoms with Gasteiger partial charge >= 0.3 is 0 Å². The number of nitriles is 1. The van der Waals surface area contributed by atoms with Crippen molar-refractivity contribution < 1.29 is 13.9 Å². The van der Waals surface area contributed by atoms with Crippen molar-refractivity contribution in [2.45, 2.75) is 19.8 Å². The molecule has 2 rings (SSSR count). The predicted molar refractivity (Wildman–Crippen MR) is 93.9 cm³/mol. The normalized spacial score (nSPS) is 16.1. The molecule has 0 bridgehead atoms. The molecule has 1 saturated heterocycles. The molecule has 0 aliphatic carbocycles. The van der Waals surface area contributed by atoms with Crippen molar-refractivity contribution in [3.05, 3.63) is 53.9 Å². The Labute approximate surface area is 146 Å². The number of piperidine rings is 1. The summed E-state index contributed by atoms with van der Waals surface area (Å²) < 4.78 is 19.5. The number of halogens is 1. The average molecular weight is 341 g/mol. The maximum Gasteiger partial charge on any atom is 0.215 e. The van der Waals surface area contributed by atoms with Crippen LogP contribution in [0.5, 0.6) is 5.88 Å². The Morgan fingerprint density at radius 1 is 1.48 bits per heavy atom. The predicted octanol–water partition coefficient (Wildman–Crippen LogP) is 3.51. The number of carbonyl (C=O) groups excluding carboxylic acids is 1. The molecule has 0 N–H and O–H groups in total. The van der Waals surface area contributed by atoms with E-state index in [1.165, 1.54) is 6.08 Å². The van der Waals surface area contributed by atoms with Gasteiger partial charge in [0.1, 0.15) is 24.0 Å². The second-order valence-corrected chi connectivity index (χ2v) is 5.69. The van der Waals surface area contributed by atoms with E-state index in [4.69, 9.17) is 10.00 Å². The zero-order chi connectivity index (χ0) is 18.2. The molecule has 130 valence electrons. The number of allylic oxidation sites excluding steroid dienone is 4. The third kappa shape index (κ3) is 5.28. The van der Waals surface area contributed by atoms with E-state index in [0.717, 1.165) is 11.9 Å². The molecule has 0 atom stereocenters. The Balaban J connectivity index is 2.02. The van der Waals surface area contributed by atoms with Crippen molar-refractivity contribution in [2.75, 3.05) is 24.6 Å². The Bertz CT molecular complexity index is 752. The molecule has 0 saturated carbocycles. The van der Waals surface area contributed by atoms with Gasteiger partial charge in [-0.05, 0) is 24.6 Å². The van der Waals surface area contributed by atoms with E-state index in [1.807, 2.05) is 23.1 Å². The second kappa shape index (κ2) is 8.78. The third-order valence-corrected chi connectivity index (χ3v) is 3.83. The van der Waals surface area contributed by atoms with Gasteiger partial charge in [0.2, 0.25) is 5.88 Å². The van der Waals surface area contributed by atoms with Crippen LogP contribution in [-0.4, -0.2) is 30.5 Å². The first-order chi connectivity index (χ1) is 12.0. The topological polar surface area (TPSA) is 66.2 Å². The van der Waals surface area contributed by atoms with Gasteiger partial charge in [0.25, 0.3) is 0 Å². The van der Waals surface area contributed by atoms with Gasteiger partial charge in [0.05, 0.1) is 11.6 Å². The molecule has 1 aromatic rings. The van der Waals surface area contributed by atoms with Crippen LogP contribution in [-0.2, 0) is 4.79 Å². The average Bonchev–Trinajstić information content (AvgIpc) is 2.64. The first-order valence-electron chi connectivity index (χ1n) is 7.99. The standard InChI is InChI=1S/C19H20FN3O2/c1-3-15(12-21)11-17(20)14(2)13-25-19-6-4-5-18(22-19)23-9-7-16(24)8-10-23/h3-6,11H,1,7-10,13H2,2H3/b15-11+,17-14-. The monoisotopic (exact) mass is 341 g/mol. The van der Waals surface area contributed by atoms with E-state index in [2.05, 4.69) is 11.6 Å². The van der Waals surface area contributed by atoms with Gasteiger partial charge in [-0.15, -0.1) is 0 Å². The first kappa shape index (κ1) is 18.4. The van der Waals surface area contributed by atoms with Crippen LogP contribution in [0.3, 0.4) is 0 Å². The Kier molecular flexibility index (Phi) is 6.47. The number of hydrogen-bond acceptors (Lipinski definition) is 5. The molecule has 0 amide bonds. The summed E-state index contributed by atoms with van der Waals surface area (Å²) in [5.41, 5.74) is 0.502. The van der Waals surface area contributed by atoms with Crippen molar-refractivity contribution in [1.82, 2.24) is 4.98 Å². The number of anilines is 1. The SMILES string of the molecule is C=C/C(C#N)=C\C(F)=C(/C)COc1cccc(N2CCC(=O)CC2)n1. The molecule has 1 aromatic heterocycles. The van der Waals surface area contributed by atoms with Crippen molar-refractivity contribution in [3.8, 4) is 11.9 Å². The van der Waals surface area contributed by atoms with E-state index in [-0.39, 0.29) is 18.0 Å². The molecular formula is C19H20FN3O2. The number of pyridine rings is 1. The molecular weight excluding hydrogens is 321 g/mol. The van der Waals surface area contributed by atoms with Gasteiger partial charge < -0.3 is 9.64 Å². The number of nitrogens with zero attached hydrogens (tertiary/aromatic N) is 3. The lowest BCUT2D eigenvalue weighted by Crippen LogP contribution is -2.34. The zero-order valence-corrected chi connectivity index (χ0v) is 14.2. The van der Waals surface area contributed by atoms with Gasteiger partial charge in [0.15, 0.2) is 0 Å². The highest BCUT2D eigenvalue weighted by atomic mass is 19.1. The van der Waals surface area contributed by atoms with Crippen molar-refractivity contribution in [1.29, 1.82) is 5.26 Å². The highest BCUT2D eigenvalue weighted by molar-refractivity contribution is 5.80. The van der Waals surface area contributed by atoms with Crippen LogP contribution in [0.1, 0.15) is 19.8 Å². The minimum absolute atomic E-state index is 0.0210. The summed E-state index contributed by atoms with van der Waals surface area (Å²) >= 11 is 0. The van der Waals surface area contributed by atoms with Crippen LogP contribution in [0, 0.1) is 11.3 Å². The Morgan fingerprint density at radius 3 is 2.84 bits per heavy atom. The molecule has 0 aromatic carbocycles. The maximum atomic E-state index is 14.0. The fraction of sp³-hybridized carbons (Fsp3) is 0.316. The molecule has 2 heterocycles. The first-order valence-corrected chi connectivity index (χ1v) is 7.99. The van der Waals surface area contributed by atoms with Crippen LogP contribution in [0.15, 0.2) is 53.9 Å². The molecule has 5 nitrogen and oxygen atoms in total. The van der Waals surface area contributed by atoms with Gasteiger partial charge in [-0.25, -0.2) is 4.39 Å². The molecule has 0 radical (unpaired) electrons. The van der Waals surface area contributed by atoms with Crippen LogP contribution >= 0.6 is 0 Å². The summed E-state index contributed by atoms with van der Waals surface area (Å²) in [6.07, 6.45) is 3.47. The van der Waals surface area contributed by atoms with Crippen LogP contribution in [0.2, 0.25) is 0 Å². The maximum absolute atomic E-state index is 14.0. The summed E-state index contributed by atoms with van der Waals surface area (Å²) in [7, 11) is 0. The second-order valence-electron chi connectivity index (χ2n) is 5.69. The molecule has 1 aliphatic rings. The summed E-state index contributed by atoms with van der Waals surface area (Å²) in [5, 5.41) is 8.79. The van der Waals surface area contributed by atoms with E-state index < -0.39 is 5.83 Å². The fourth-order valence-corrected chi connectivity index (χ4v) is 2.29. The number of hydrogen-bond donors (Lipinski definition) is 0.